The molecule has 3 aromatic rings. The van der Waals surface area contributed by atoms with Crippen LogP contribution in [0.2, 0.25) is 0 Å². The number of carbonyl (C=O) groups excluding carboxylic acids is 3. The van der Waals surface area contributed by atoms with E-state index in [0.29, 0.717) is 18.5 Å². The Morgan fingerprint density at radius 3 is 2.91 bits per heavy atom. The van der Waals surface area contributed by atoms with Crippen molar-refractivity contribution in [2.75, 3.05) is 13.2 Å². The molecule has 3 unspecified atom stereocenters. The summed E-state index contributed by atoms with van der Waals surface area (Å²) < 4.78 is 5.51. The molecule has 0 bridgehead atoms. The molecule has 8 heteroatoms. The van der Waals surface area contributed by atoms with Gasteiger partial charge in [0.05, 0.1) is 11.6 Å². The normalized spacial score (nSPS) is 20.9. The molecule has 2 aliphatic rings. The lowest BCUT2D eigenvalue weighted by Crippen LogP contribution is -2.53. The summed E-state index contributed by atoms with van der Waals surface area (Å²) in [6.07, 6.45) is 5.66. The Balaban J connectivity index is 1.40. The summed E-state index contributed by atoms with van der Waals surface area (Å²) in [5.74, 6) is -0.729. The number of hydrogen-bond donors (Lipinski definition) is 1. The lowest BCUT2D eigenvalue weighted by molar-refractivity contribution is -0.138. The number of rotatable bonds is 5. The van der Waals surface area contributed by atoms with E-state index < -0.39 is 12.1 Å². The van der Waals surface area contributed by atoms with Crippen molar-refractivity contribution in [2.45, 2.75) is 31.0 Å². The van der Waals surface area contributed by atoms with E-state index in [4.69, 9.17) is 4.74 Å². The topological polar surface area (TPSA) is 101 Å². The number of nitrogens with one attached hydrogen (secondary N) is 1. The summed E-state index contributed by atoms with van der Waals surface area (Å²) in [5.41, 5.74) is 2.04. The van der Waals surface area contributed by atoms with E-state index >= 15 is 0 Å². The number of fused-ring (bicyclic) bond motifs is 2. The molecule has 0 aliphatic carbocycles. The first kappa shape index (κ1) is 20.3. The van der Waals surface area contributed by atoms with Gasteiger partial charge in [-0.2, -0.15) is 0 Å². The standard InChI is InChI=1S/C24H22N4O4/c29-20-14-32-21-7-10-28(22(20)21)24(31)19(11-15-3-1-8-25-13-15)27-23(30)17-5-6-18-16(12-17)4-2-9-26-18/h1-6,8-9,12-13,19,21-22H,7,10-11,14H2,(H,27,30). The van der Waals surface area contributed by atoms with Crippen LogP contribution in [-0.4, -0.2) is 63.8 Å². The zero-order chi connectivity index (χ0) is 22.1. The van der Waals surface area contributed by atoms with Gasteiger partial charge in [-0.05, 0) is 42.3 Å². The first-order valence-corrected chi connectivity index (χ1v) is 10.6. The summed E-state index contributed by atoms with van der Waals surface area (Å²) in [6.45, 7) is 0.463. The molecule has 2 saturated heterocycles. The first-order valence-electron chi connectivity index (χ1n) is 10.6. The van der Waals surface area contributed by atoms with Crippen LogP contribution >= 0.6 is 0 Å². The molecule has 2 aromatic heterocycles. The molecule has 162 valence electrons. The van der Waals surface area contributed by atoms with Gasteiger partial charge >= 0.3 is 0 Å². The molecule has 0 spiro atoms. The van der Waals surface area contributed by atoms with Crippen molar-refractivity contribution in [3.63, 3.8) is 0 Å². The number of amides is 2. The van der Waals surface area contributed by atoms with E-state index in [1.165, 1.54) is 0 Å². The second-order valence-corrected chi connectivity index (χ2v) is 8.08. The van der Waals surface area contributed by atoms with E-state index in [-0.39, 0.29) is 36.7 Å². The molecular formula is C24H22N4O4. The maximum Gasteiger partial charge on any atom is 0.251 e. The lowest BCUT2D eigenvalue weighted by atomic mass is 10.0. The van der Waals surface area contributed by atoms with Gasteiger partial charge in [-0.25, -0.2) is 0 Å². The number of Topliss-reactive ketones (excluding diaryl/α,β-unsaturated/α-hetero) is 1. The van der Waals surface area contributed by atoms with Crippen LogP contribution < -0.4 is 5.32 Å². The van der Waals surface area contributed by atoms with Gasteiger partial charge in [0.25, 0.3) is 5.91 Å². The van der Waals surface area contributed by atoms with Crippen molar-refractivity contribution in [1.82, 2.24) is 20.2 Å². The Morgan fingerprint density at radius 1 is 1.19 bits per heavy atom. The van der Waals surface area contributed by atoms with Gasteiger partial charge in [-0.1, -0.05) is 12.1 Å². The Bertz CT molecular complexity index is 1180. The van der Waals surface area contributed by atoms with Gasteiger partial charge in [-0.3, -0.25) is 24.4 Å². The maximum absolute atomic E-state index is 13.5. The van der Waals surface area contributed by atoms with Crippen LogP contribution in [0, 0.1) is 0 Å². The second-order valence-electron chi connectivity index (χ2n) is 8.08. The molecule has 3 atom stereocenters. The molecule has 1 aromatic carbocycles. The highest BCUT2D eigenvalue weighted by Crippen LogP contribution is 2.28. The fourth-order valence-electron chi connectivity index (χ4n) is 4.45. The predicted octanol–water partition coefficient (Wildman–Crippen LogP) is 1.54. The van der Waals surface area contributed by atoms with Crippen LogP contribution in [-0.2, 0) is 20.7 Å². The SMILES string of the molecule is O=C(NC(Cc1cccnc1)C(=O)N1CCC2OCC(=O)C21)c1ccc2ncccc2c1. The van der Waals surface area contributed by atoms with E-state index in [2.05, 4.69) is 15.3 Å². The van der Waals surface area contributed by atoms with Crippen molar-refractivity contribution >= 4 is 28.5 Å². The molecule has 1 N–H and O–H groups in total. The van der Waals surface area contributed by atoms with Crippen LogP contribution in [0.3, 0.4) is 0 Å². The van der Waals surface area contributed by atoms with Crippen molar-refractivity contribution in [2.24, 2.45) is 0 Å². The highest BCUT2D eigenvalue weighted by molar-refractivity contribution is 6.01. The molecule has 2 amide bonds. The minimum absolute atomic E-state index is 0.0316. The van der Waals surface area contributed by atoms with Gasteiger partial charge in [0.2, 0.25) is 5.91 Å². The van der Waals surface area contributed by atoms with Gasteiger partial charge in [0.1, 0.15) is 18.7 Å². The van der Waals surface area contributed by atoms with E-state index in [9.17, 15) is 14.4 Å². The van der Waals surface area contributed by atoms with E-state index in [1.807, 2.05) is 18.2 Å². The number of ether oxygens (including phenoxy) is 1. The number of likely N-dealkylation sites (tertiary alicyclic amines) is 1. The number of benzene rings is 1. The summed E-state index contributed by atoms with van der Waals surface area (Å²) in [7, 11) is 0. The predicted molar refractivity (Wildman–Crippen MR) is 116 cm³/mol. The fourth-order valence-corrected chi connectivity index (χ4v) is 4.45. The summed E-state index contributed by atoms with van der Waals surface area (Å²) >= 11 is 0. The quantitative estimate of drug-likeness (QED) is 0.659. The van der Waals surface area contributed by atoms with Crippen LogP contribution in [0.25, 0.3) is 10.9 Å². The molecule has 0 saturated carbocycles. The average molecular weight is 430 g/mol. The molecule has 0 radical (unpaired) electrons. The molecule has 5 rings (SSSR count). The Labute approximate surface area is 184 Å². The smallest absolute Gasteiger partial charge is 0.251 e. The fraction of sp³-hybridized carbons (Fsp3) is 0.292. The Morgan fingerprint density at radius 2 is 2.06 bits per heavy atom. The van der Waals surface area contributed by atoms with E-state index in [1.54, 1.807) is 47.8 Å². The molecule has 2 fully saturated rings. The highest BCUT2D eigenvalue weighted by atomic mass is 16.5. The third-order valence-corrected chi connectivity index (χ3v) is 6.03. The monoisotopic (exact) mass is 430 g/mol. The number of hydrogen-bond acceptors (Lipinski definition) is 6. The zero-order valence-corrected chi connectivity index (χ0v) is 17.3. The van der Waals surface area contributed by atoms with Crippen molar-refractivity contribution in [3.8, 4) is 0 Å². The van der Waals surface area contributed by atoms with E-state index in [0.717, 1.165) is 16.5 Å². The van der Waals surface area contributed by atoms with Crippen molar-refractivity contribution < 1.29 is 19.1 Å². The zero-order valence-electron chi connectivity index (χ0n) is 17.3. The number of aromatic nitrogens is 2. The summed E-state index contributed by atoms with van der Waals surface area (Å²) in [4.78, 5) is 48.8. The van der Waals surface area contributed by atoms with Gasteiger partial charge in [0, 0.05) is 42.5 Å². The molecule has 2 aliphatic heterocycles. The minimum atomic E-state index is -0.830. The molecule has 8 nitrogen and oxygen atoms in total. The Hall–Kier alpha value is -3.65. The number of pyridine rings is 2. The number of ketones is 1. The molecular weight excluding hydrogens is 408 g/mol. The van der Waals surface area contributed by atoms with Gasteiger partial charge in [0.15, 0.2) is 5.78 Å². The van der Waals surface area contributed by atoms with Crippen LogP contribution in [0.1, 0.15) is 22.3 Å². The third-order valence-electron chi connectivity index (χ3n) is 6.03. The van der Waals surface area contributed by atoms with Crippen LogP contribution in [0.5, 0.6) is 0 Å². The molecule has 32 heavy (non-hydrogen) atoms. The van der Waals surface area contributed by atoms with Gasteiger partial charge in [-0.15, -0.1) is 0 Å². The average Bonchev–Trinajstić information content (AvgIpc) is 3.41. The number of carbonyl (C=O) groups is 3. The van der Waals surface area contributed by atoms with Crippen LogP contribution in [0.15, 0.2) is 61.1 Å². The number of nitrogens with zero attached hydrogens (tertiary/aromatic N) is 3. The first-order chi connectivity index (χ1) is 15.6. The van der Waals surface area contributed by atoms with Crippen molar-refractivity contribution in [3.05, 3.63) is 72.2 Å². The second kappa shape index (κ2) is 8.47. The van der Waals surface area contributed by atoms with Gasteiger partial charge < -0.3 is 15.0 Å². The lowest BCUT2D eigenvalue weighted by Gasteiger charge is -2.27. The van der Waals surface area contributed by atoms with Crippen LogP contribution in [0.4, 0.5) is 0 Å². The Kier molecular flexibility index (Phi) is 5.36. The third kappa shape index (κ3) is 3.85. The van der Waals surface area contributed by atoms with Crippen molar-refractivity contribution in [1.29, 1.82) is 0 Å². The highest BCUT2D eigenvalue weighted by Gasteiger charge is 2.48. The molecule has 4 heterocycles. The maximum atomic E-state index is 13.5. The largest absolute Gasteiger partial charge is 0.368 e. The summed E-state index contributed by atoms with van der Waals surface area (Å²) in [5, 5.41) is 3.73. The summed E-state index contributed by atoms with van der Waals surface area (Å²) in [6, 6.07) is 11.2. The minimum Gasteiger partial charge on any atom is -0.368 e.